The van der Waals surface area contributed by atoms with Gasteiger partial charge in [-0.3, -0.25) is 4.79 Å². The summed E-state index contributed by atoms with van der Waals surface area (Å²) in [7, 11) is 0. The second-order valence-electron chi connectivity index (χ2n) is 4.68. The molecule has 0 amide bonds. The Balaban J connectivity index is 2.57. The van der Waals surface area contributed by atoms with E-state index in [-0.39, 0.29) is 19.4 Å². The molecule has 0 aliphatic heterocycles. The summed E-state index contributed by atoms with van der Waals surface area (Å²) in [6.07, 6.45) is -5.26. The lowest BCUT2D eigenvalue weighted by atomic mass is 9.96. The molecule has 0 saturated heterocycles. The van der Waals surface area contributed by atoms with Crippen molar-refractivity contribution in [3.8, 4) is 17.6 Å². The van der Waals surface area contributed by atoms with E-state index in [0.717, 1.165) is 5.56 Å². The summed E-state index contributed by atoms with van der Waals surface area (Å²) in [4.78, 5) is 10.8. The van der Waals surface area contributed by atoms with E-state index < -0.39 is 24.5 Å². The molecular formula is C16H17F3O3. The van der Waals surface area contributed by atoms with Crippen molar-refractivity contribution < 1.29 is 27.8 Å². The fourth-order valence-electron chi connectivity index (χ4n) is 1.86. The molecule has 0 unspecified atom stereocenters. The number of hydrogen-bond donors (Lipinski definition) is 1. The van der Waals surface area contributed by atoms with Gasteiger partial charge in [0, 0.05) is 6.42 Å². The molecule has 0 aliphatic carbocycles. The van der Waals surface area contributed by atoms with Gasteiger partial charge in [-0.05, 0) is 31.0 Å². The Morgan fingerprint density at radius 3 is 2.45 bits per heavy atom. The van der Waals surface area contributed by atoms with Crippen molar-refractivity contribution in [2.24, 2.45) is 0 Å². The second kappa shape index (κ2) is 8.32. The first-order chi connectivity index (χ1) is 10.3. The first-order valence-corrected chi connectivity index (χ1v) is 6.75. The summed E-state index contributed by atoms with van der Waals surface area (Å²) in [6.45, 7) is 1.61. The molecule has 1 rings (SSSR count). The molecule has 0 aromatic heterocycles. The molecule has 0 aliphatic rings. The Hall–Kier alpha value is -2.16. The lowest BCUT2D eigenvalue weighted by molar-refractivity contribution is -0.137. The normalized spacial score (nSPS) is 12.2. The molecule has 1 aromatic rings. The van der Waals surface area contributed by atoms with Crippen molar-refractivity contribution >= 4 is 5.97 Å². The predicted octanol–water partition coefficient (Wildman–Crippen LogP) is 3.99. The van der Waals surface area contributed by atoms with Crippen molar-refractivity contribution in [2.75, 3.05) is 6.61 Å². The number of aliphatic carboxylic acids is 1. The lowest BCUT2D eigenvalue weighted by Gasteiger charge is -2.11. The molecular weight excluding hydrogens is 297 g/mol. The summed E-state index contributed by atoms with van der Waals surface area (Å²) < 4.78 is 41.2. The van der Waals surface area contributed by atoms with Crippen LogP contribution >= 0.6 is 0 Å². The Morgan fingerprint density at radius 2 is 1.95 bits per heavy atom. The van der Waals surface area contributed by atoms with E-state index in [1.807, 2.05) is 0 Å². The highest BCUT2D eigenvalue weighted by molar-refractivity contribution is 5.69. The summed E-state index contributed by atoms with van der Waals surface area (Å²) in [5, 5.41) is 8.85. The third-order valence-corrected chi connectivity index (χ3v) is 2.85. The smallest absolute Gasteiger partial charge is 0.389 e. The molecule has 0 fully saturated rings. The molecule has 22 heavy (non-hydrogen) atoms. The minimum atomic E-state index is -4.17. The van der Waals surface area contributed by atoms with Crippen LogP contribution in [0.25, 0.3) is 0 Å². The number of ether oxygens (including phenoxy) is 1. The number of carboxylic acids is 1. The van der Waals surface area contributed by atoms with Crippen LogP contribution in [-0.2, 0) is 4.79 Å². The molecule has 6 heteroatoms. The zero-order valence-corrected chi connectivity index (χ0v) is 12.1. The minimum Gasteiger partial charge on any atom is -0.494 e. The van der Waals surface area contributed by atoms with E-state index >= 15 is 0 Å². The standard InChI is InChI=1S/C16H17F3O3/c1-2-4-13(11-15(20)21)12-5-7-14(8-6-12)22-10-3-9-16(17,18)19/h5-8,13H,3,9-11H2,1H3,(H,20,21)/t13-/m1/s1. The number of carbonyl (C=O) groups is 1. The van der Waals surface area contributed by atoms with Gasteiger partial charge in [0.15, 0.2) is 0 Å². The van der Waals surface area contributed by atoms with Crippen LogP contribution in [-0.4, -0.2) is 23.9 Å². The van der Waals surface area contributed by atoms with Gasteiger partial charge in [-0.15, -0.1) is 5.92 Å². The maximum atomic E-state index is 12.0. The number of hydrogen-bond acceptors (Lipinski definition) is 2. The van der Waals surface area contributed by atoms with Gasteiger partial charge in [0.05, 0.1) is 18.9 Å². The topological polar surface area (TPSA) is 46.5 Å². The molecule has 1 N–H and O–H groups in total. The summed E-state index contributed by atoms with van der Waals surface area (Å²) >= 11 is 0. The molecule has 0 heterocycles. The number of rotatable bonds is 7. The van der Waals surface area contributed by atoms with Crippen molar-refractivity contribution in [3.63, 3.8) is 0 Å². The van der Waals surface area contributed by atoms with Gasteiger partial charge >= 0.3 is 12.1 Å². The quantitative estimate of drug-likeness (QED) is 0.611. The monoisotopic (exact) mass is 314 g/mol. The molecule has 1 atom stereocenters. The Bertz CT molecular complexity index is 538. The highest BCUT2D eigenvalue weighted by Crippen LogP contribution is 2.23. The zero-order chi connectivity index (χ0) is 16.6. The molecule has 0 saturated carbocycles. The van der Waals surface area contributed by atoms with Crippen LogP contribution in [0.3, 0.4) is 0 Å². The average Bonchev–Trinajstić information content (AvgIpc) is 2.42. The highest BCUT2D eigenvalue weighted by atomic mass is 19.4. The second-order valence-corrected chi connectivity index (χ2v) is 4.68. The Labute approximate surface area is 127 Å². The predicted molar refractivity (Wildman–Crippen MR) is 75.7 cm³/mol. The fourth-order valence-corrected chi connectivity index (χ4v) is 1.86. The average molecular weight is 314 g/mol. The number of alkyl halides is 3. The first-order valence-electron chi connectivity index (χ1n) is 6.75. The zero-order valence-electron chi connectivity index (χ0n) is 12.1. The van der Waals surface area contributed by atoms with E-state index in [9.17, 15) is 18.0 Å². The summed E-state index contributed by atoms with van der Waals surface area (Å²) in [5.74, 6) is 4.60. The summed E-state index contributed by atoms with van der Waals surface area (Å²) in [6, 6.07) is 6.57. The van der Waals surface area contributed by atoms with Crippen LogP contribution in [0.5, 0.6) is 5.75 Å². The van der Waals surface area contributed by atoms with Crippen molar-refractivity contribution in [1.29, 1.82) is 0 Å². The number of carboxylic acid groups (broad SMARTS) is 1. The van der Waals surface area contributed by atoms with Gasteiger partial charge in [-0.1, -0.05) is 18.1 Å². The van der Waals surface area contributed by atoms with E-state index in [2.05, 4.69) is 11.8 Å². The summed E-state index contributed by atoms with van der Waals surface area (Å²) in [5.41, 5.74) is 0.736. The van der Waals surface area contributed by atoms with Crippen LogP contribution in [0.2, 0.25) is 0 Å². The Morgan fingerprint density at radius 1 is 1.32 bits per heavy atom. The minimum absolute atomic E-state index is 0.0217. The van der Waals surface area contributed by atoms with Crippen LogP contribution in [0, 0.1) is 11.8 Å². The number of halogens is 3. The van der Waals surface area contributed by atoms with Gasteiger partial charge in [0.25, 0.3) is 0 Å². The van der Waals surface area contributed by atoms with Gasteiger partial charge in [-0.2, -0.15) is 13.2 Å². The van der Waals surface area contributed by atoms with Gasteiger partial charge in [0.2, 0.25) is 0 Å². The van der Waals surface area contributed by atoms with Crippen molar-refractivity contribution in [2.45, 2.75) is 38.3 Å². The van der Waals surface area contributed by atoms with Crippen molar-refractivity contribution in [3.05, 3.63) is 29.8 Å². The maximum Gasteiger partial charge on any atom is 0.389 e. The van der Waals surface area contributed by atoms with Crippen LogP contribution in [0.1, 0.15) is 37.7 Å². The van der Waals surface area contributed by atoms with E-state index in [1.54, 1.807) is 31.2 Å². The van der Waals surface area contributed by atoms with Crippen LogP contribution in [0.4, 0.5) is 13.2 Å². The van der Waals surface area contributed by atoms with Gasteiger partial charge in [0.1, 0.15) is 5.75 Å². The van der Waals surface area contributed by atoms with E-state index in [0.29, 0.717) is 5.75 Å². The molecule has 0 bridgehead atoms. The van der Waals surface area contributed by atoms with Gasteiger partial charge in [-0.25, -0.2) is 0 Å². The van der Waals surface area contributed by atoms with Crippen LogP contribution < -0.4 is 4.74 Å². The lowest BCUT2D eigenvalue weighted by Crippen LogP contribution is -2.09. The third kappa shape index (κ3) is 7.02. The number of benzene rings is 1. The van der Waals surface area contributed by atoms with Gasteiger partial charge < -0.3 is 9.84 Å². The van der Waals surface area contributed by atoms with Crippen molar-refractivity contribution in [1.82, 2.24) is 0 Å². The largest absolute Gasteiger partial charge is 0.494 e. The van der Waals surface area contributed by atoms with E-state index in [4.69, 9.17) is 9.84 Å². The third-order valence-electron chi connectivity index (χ3n) is 2.85. The maximum absolute atomic E-state index is 12.0. The SMILES string of the molecule is CC#C[C@H](CC(=O)O)c1ccc(OCCCC(F)(F)F)cc1. The molecule has 1 aromatic carbocycles. The van der Waals surface area contributed by atoms with Crippen LogP contribution in [0.15, 0.2) is 24.3 Å². The molecule has 0 spiro atoms. The molecule has 3 nitrogen and oxygen atoms in total. The Kier molecular flexibility index (Phi) is 6.77. The highest BCUT2D eigenvalue weighted by Gasteiger charge is 2.26. The fraction of sp³-hybridized carbons (Fsp3) is 0.438. The van der Waals surface area contributed by atoms with E-state index in [1.165, 1.54) is 0 Å². The molecule has 120 valence electrons. The molecule has 0 radical (unpaired) electrons. The first kappa shape index (κ1) is 17.9.